The molecule has 4 heteroatoms. The first kappa shape index (κ1) is 13.7. The van der Waals surface area contributed by atoms with E-state index in [1.807, 2.05) is 25.5 Å². The summed E-state index contributed by atoms with van der Waals surface area (Å²) in [6, 6.07) is 2.29. The molecule has 94 valence electrons. The Morgan fingerprint density at radius 1 is 1.35 bits per heavy atom. The number of rotatable bonds is 5. The van der Waals surface area contributed by atoms with E-state index in [-0.39, 0.29) is 12.1 Å². The molecule has 17 heavy (non-hydrogen) atoms. The molecule has 1 heterocycles. The number of nitrogens with zero attached hydrogens (tertiary/aromatic N) is 3. The van der Waals surface area contributed by atoms with Gasteiger partial charge >= 0.3 is 0 Å². The van der Waals surface area contributed by atoms with E-state index >= 15 is 0 Å². The smallest absolute Gasteiger partial charge is 0.138 e. The van der Waals surface area contributed by atoms with Crippen LogP contribution >= 0.6 is 0 Å². The van der Waals surface area contributed by atoms with Gasteiger partial charge in [0.05, 0.1) is 11.8 Å². The van der Waals surface area contributed by atoms with Gasteiger partial charge in [-0.3, -0.25) is 4.68 Å². The van der Waals surface area contributed by atoms with E-state index in [0.29, 0.717) is 0 Å². The van der Waals surface area contributed by atoms with Gasteiger partial charge in [0.2, 0.25) is 0 Å². The maximum Gasteiger partial charge on any atom is 0.138 e. The van der Waals surface area contributed by atoms with Crippen LogP contribution in [0.15, 0.2) is 0 Å². The number of aromatic nitrogens is 2. The van der Waals surface area contributed by atoms with Crippen molar-refractivity contribution in [1.29, 1.82) is 5.26 Å². The van der Waals surface area contributed by atoms with Gasteiger partial charge in [-0.2, -0.15) is 10.4 Å². The zero-order valence-corrected chi connectivity index (χ0v) is 11.2. The minimum absolute atomic E-state index is 0.166. The highest BCUT2D eigenvalue weighted by atomic mass is 15.3. The predicted molar refractivity (Wildman–Crippen MR) is 68.6 cm³/mol. The van der Waals surface area contributed by atoms with Gasteiger partial charge in [-0.1, -0.05) is 13.8 Å². The minimum atomic E-state index is -0.166. The molecule has 0 amide bonds. The topological polar surface area (TPSA) is 67.6 Å². The zero-order chi connectivity index (χ0) is 13.0. The Morgan fingerprint density at radius 2 is 2.00 bits per heavy atom. The Balaban J connectivity index is 3.06. The van der Waals surface area contributed by atoms with E-state index in [4.69, 9.17) is 11.0 Å². The number of nitrogens with two attached hydrogens (primary N) is 1. The van der Waals surface area contributed by atoms with Crippen molar-refractivity contribution in [2.24, 2.45) is 5.73 Å². The van der Waals surface area contributed by atoms with Gasteiger partial charge in [-0.05, 0) is 38.7 Å². The molecule has 1 aromatic heterocycles. The Bertz CT molecular complexity index is 414. The lowest BCUT2D eigenvalue weighted by Crippen LogP contribution is -2.22. The molecule has 2 atom stereocenters. The number of hydrogen-bond acceptors (Lipinski definition) is 3. The van der Waals surface area contributed by atoms with Crippen molar-refractivity contribution in [2.75, 3.05) is 0 Å². The van der Waals surface area contributed by atoms with Crippen molar-refractivity contribution < 1.29 is 0 Å². The van der Waals surface area contributed by atoms with Crippen LogP contribution in [0.2, 0.25) is 0 Å². The Morgan fingerprint density at radius 3 is 2.47 bits per heavy atom. The van der Waals surface area contributed by atoms with Crippen LogP contribution in [0.25, 0.3) is 0 Å². The molecular formula is C13H22N4. The molecule has 0 spiro atoms. The molecular weight excluding hydrogens is 212 g/mol. The molecule has 2 unspecified atom stereocenters. The quantitative estimate of drug-likeness (QED) is 0.849. The molecule has 0 aliphatic carbocycles. The fraction of sp³-hybridized carbons (Fsp3) is 0.692. The second-order valence-corrected chi connectivity index (χ2v) is 4.52. The molecule has 2 N–H and O–H groups in total. The molecule has 0 bridgehead atoms. The SMILES string of the molecule is CCC(N)Cc1c(C)nn(C(C#N)CC)c1C. The van der Waals surface area contributed by atoms with Crippen molar-refractivity contribution in [3.05, 3.63) is 17.0 Å². The summed E-state index contributed by atoms with van der Waals surface area (Å²) in [5.74, 6) is 0. The second-order valence-electron chi connectivity index (χ2n) is 4.52. The highest BCUT2D eigenvalue weighted by Gasteiger charge is 2.18. The Labute approximate surface area is 103 Å². The van der Waals surface area contributed by atoms with Crippen LogP contribution < -0.4 is 5.73 Å². The van der Waals surface area contributed by atoms with E-state index < -0.39 is 0 Å². The van der Waals surface area contributed by atoms with Crippen LogP contribution in [0.1, 0.15) is 49.7 Å². The fourth-order valence-electron chi connectivity index (χ4n) is 2.02. The van der Waals surface area contributed by atoms with E-state index in [1.54, 1.807) is 0 Å². The number of aryl methyl sites for hydroxylation is 1. The third kappa shape index (κ3) is 2.86. The van der Waals surface area contributed by atoms with Crippen LogP contribution in [0, 0.1) is 25.2 Å². The second kappa shape index (κ2) is 5.83. The van der Waals surface area contributed by atoms with E-state index in [2.05, 4.69) is 18.1 Å². The summed E-state index contributed by atoms with van der Waals surface area (Å²) in [5.41, 5.74) is 9.28. The van der Waals surface area contributed by atoms with Gasteiger partial charge in [0.1, 0.15) is 6.04 Å². The van der Waals surface area contributed by atoms with Crippen molar-refractivity contribution in [3.8, 4) is 6.07 Å². The Hall–Kier alpha value is -1.34. The summed E-state index contributed by atoms with van der Waals surface area (Å²) >= 11 is 0. The lowest BCUT2D eigenvalue weighted by atomic mass is 10.0. The molecule has 0 fully saturated rings. The largest absolute Gasteiger partial charge is 0.327 e. The normalized spacial score (nSPS) is 14.4. The lowest BCUT2D eigenvalue weighted by molar-refractivity contribution is 0.518. The van der Waals surface area contributed by atoms with Crippen molar-refractivity contribution >= 4 is 0 Å². The van der Waals surface area contributed by atoms with Gasteiger partial charge < -0.3 is 5.73 Å². The maximum absolute atomic E-state index is 9.10. The van der Waals surface area contributed by atoms with Gasteiger partial charge in [-0.15, -0.1) is 0 Å². The summed E-state index contributed by atoms with van der Waals surface area (Å²) in [6.07, 6.45) is 2.58. The predicted octanol–water partition coefficient (Wildman–Crippen LogP) is 2.25. The van der Waals surface area contributed by atoms with Crippen LogP contribution in [0.5, 0.6) is 0 Å². The molecule has 0 saturated heterocycles. The first-order chi connectivity index (χ1) is 8.04. The summed E-state index contributed by atoms with van der Waals surface area (Å²) in [4.78, 5) is 0. The first-order valence-corrected chi connectivity index (χ1v) is 6.24. The highest BCUT2D eigenvalue weighted by Crippen LogP contribution is 2.20. The van der Waals surface area contributed by atoms with Gasteiger partial charge in [0, 0.05) is 11.7 Å². The van der Waals surface area contributed by atoms with Crippen molar-refractivity contribution in [1.82, 2.24) is 9.78 Å². The molecule has 0 saturated carbocycles. The maximum atomic E-state index is 9.10. The Kier molecular flexibility index (Phi) is 4.71. The zero-order valence-electron chi connectivity index (χ0n) is 11.2. The monoisotopic (exact) mass is 234 g/mol. The van der Waals surface area contributed by atoms with E-state index in [0.717, 1.165) is 30.7 Å². The molecule has 0 aliphatic heterocycles. The average Bonchev–Trinajstić information content (AvgIpc) is 2.59. The minimum Gasteiger partial charge on any atom is -0.327 e. The lowest BCUT2D eigenvalue weighted by Gasteiger charge is -2.11. The third-order valence-electron chi connectivity index (χ3n) is 3.30. The van der Waals surface area contributed by atoms with Crippen molar-refractivity contribution in [3.63, 3.8) is 0 Å². The molecule has 1 aromatic rings. The van der Waals surface area contributed by atoms with Crippen molar-refractivity contribution in [2.45, 2.75) is 59.0 Å². The number of nitriles is 1. The van der Waals surface area contributed by atoms with E-state index in [1.165, 1.54) is 5.56 Å². The summed E-state index contributed by atoms with van der Waals surface area (Å²) in [7, 11) is 0. The molecule has 0 aromatic carbocycles. The molecule has 0 aliphatic rings. The standard InChI is InChI=1S/C13H22N4/c1-5-11(15)7-13-9(3)16-17(10(13)4)12(6-2)8-14/h11-12H,5-7,15H2,1-4H3. The van der Waals surface area contributed by atoms with Crippen LogP contribution in [-0.4, -0.2) is 15.8 Å². The summed E-state index contributed by atoms with van der Waals surface area (Å²) in [5, 5.41) is 13.6. The van der Waals surface area contributed by atoms with Gasteiger partial charge in [-0.25, -0.2) is 0 Å². The van der Waals surface area contributed by atoms with E-state index in [9.17, 15) is 0 Å². The first-order valence-electron chi connectivity index (χ1n) is 6.24. The average molecular weight is 234 g/mol. The molecule has 0 radical (unpaired) electrons. The van der Waals surface area contributed by atoms with Gasteiger partial charge in [0.15, 0.2) is 0 Å². The summed E-state index contributed by atoms with van der Waals surface area (Å²) in [6.45, 7) is 8.11. The number of hydrogen-bond donors (Lipinski definition) is 1. The van der Waals surface area contributed by atoms with Gasteiger partial charge in [0.25, 0.3) is 0 Å². The van der Waals surface area contributed by atoms with Crippen LogP contribution in [0.4, 0.5) is 0 Å². The van der Waals surface area contributed by atoms with Crippen LogP contribution in [-0.2, 0) is 6.42 Å². The molecule has 4 nitrogen and oxygen atoms in total. The fourth-order valence-corrected chi connectivity index (χ4v) is 2.02. The highest BCUT2D eigenvalue weighted by molar-refractivity contribution is 5.26. The van der Waals surface area contributed by atoms with Crippen LogP contribution in [0.3, 0.4) is 0 Å². The molecule has 1 rings (SSSR count). The third-order valence-corrected chi connectivity index (χ3v) is 3.30. The summed E-state index contributed by atoms with van der Waals surface area (Å²) < 4.78 is 1.84.